The summed E-state index contributed by atoms with van der Waals surface area (Å²) in [4.78, 5) is 0. The van der Waals surface area contributed by atoms with E-state index in [1.54, 1.807) is 6.92 Å². The third kappa shape index (κ3) is 6.20. The number of sulfonamides is 1. The molecule has 0 saturated carbocycles. The van der Waals surface area contributed by atoms with Crippen molar-refractivity contribution in [1.82, 2.24) is 0 Å². The average Bonchev–Trinajstić information content (AvgIpc) is 1.21. The minimum Gasteiger partial charge on any atom is -0.229 e. The van der Waals surface area contributed by atoms with E-state index in [4.69, 9.17) is 11.6 Å². The smallest absolute Gasteiger partial charge is 0.210 e. The molecule has 8 heavy (non-hydrogen) atoms. The minimum atomic E-state index is -3.36. The van der Waals surface area contributed by atoms with Crippen LogP contribution in [0.3, 0.4) is 0 Å². The van der Waals surface area contributed by atoms with Gasteiger partial charge in [-0.25, -0.2) is 13.6 Å². The van der Waals surface area contributed by atoms with Gasteiger partial charge in [-0.15, -0.1) is 11.6 Å². The van der Waals surface area contributed by atoms with Crippen molar-refractivity contribution >= 4 is 21.6 Å². The second-order valence-corrected chi connectivity index (χ2v) is 4.01. The molecule has 0 fully saturated rings. The van der Waals surface area contributed by atoms with Crippen molar-refractivity contribution in [2.75, 3.05) is 5.75 Å². The molecule has 0 aliphatic heterocycles. The summed E-state index contributed by atoms with van der Waals surface area (Å²) in [6, 6.07) is 0. The van der Waals surface area contributed by atoms with Crippen molar-refractivity contribution in [1.29, 1.82) is 0 Å². The van der Waals surface area contributed by atoms with Crippen LogP contribution in [0.1, 0.15) is 6.92 Å². The number of rotatable bonds is 2. The molecule has 2 N–H and O–H groups in total. The maximum atomic E-state index is 10.1. The highest BCUT2D eigenvalue weighted by Crippen LogP contribution is 1.94. The van der Waals surface area contributed by atoms with E-state index < -0.39 is 15.4 Å². The molecule has 3 nitrogen and oxygen atoms in total. The molecule has 0 aromatic rings. The van der Waals surface area contributed by atoms with Gasteiger partial charge >= 0.3 is 0 Å². The lowest BCUT2D eigenvalue weighted by Crippen LogP contribution is -2.21. The van der Waals surface area contributed by atoms with Gasteiger partial charge < -0.3 is 0 Å². The summed E-state index contributed by atoms with van der Waals surface area (Å²) >= 11 is 5.30. The zero-order valence-corrected chi connectivity index (χ0v) is 6.04. The fourth-order valence-corrected chi connectivity index (χ4v) is 1.49. The molecule has 0 aromatic carbocycles. The highest BCUT2D eigenvalue weighted by molar-refractivity contribution is 7.89. The Hall–Kier alpha value is 0.200. The van der Waals surface area contributed by atoms with E-state index in [-0.39, 0.29) is 5.75 Å². The number of halogens is 1. The van der Waals surface area contributed by atoms with Gasteiger partial charge in [0.05, 0.1) is 5.75 Å². The van der Waals surface area contributed by atoms with Crippen molar-refractivity contribution in [3.05, 3.63) is 0 Å². The van der Waals surface area contributed by atoms with E-state index in [9.17, 15) is 8.42 Å². The molecule has 0 aliphatic carbocycles. The van der Waals surface area contributed by atoms with Crippen molar-refractivity contribution in [3.63, 3.8) is 0 Å². The zero-order valence-electron chi connectivity index (χ0n) is 4.46. The fourth-order valence-electron chi connectivity index (χ4n) is 0.320. The van der Waals surface area contributed by atoms with Crippen LogP contribution < -0.4 is 5.14 Å². The van der Waals surface area contributed by atoms with Crippen LogP contribution in [0.25, 0.3) is 0 Å². The Morgan fingerprint density at radius 1 is 1.75 bits per heavy atom. The van der Waals surface area contributed by atoms with Gasteiger partial charge in [-0.05, 0) is 6.92 Å². The maximum absolute atomic E-state index is 10.1. The van der Waals surface area contributed by atoms with E-state index in [0.29, 0.717) is 0 Å². The molecular formula is C3H8ClNO2S. The predicted octanol–water partition coefficient (Wildman–Crippen LogP) is -0.0978. The van der Waals surface area contributed by atoms with E-state index in [2.05, 4.69) is 5.14 Å². The monoisotopic (exact) mass is 157 g/mol. The molecule has 0 saturated heterocycles. The van der Waals surface area contributed by atoms with Crippen LogP contribution in [0.2, 0.25) is 0 Å². The quantitative estimate of drug-likeness (QED) is 0.570. The summed E-state index contributed by atoms with van der Waals surface area (Å²) in [5, 5.41) is 4.23. The van der Waals surface area contributed by atoms with Gasteiger partial charge in [-0.1, -0.05) is 0 Å². The van der Waals surface area contributed by atoms with E-state index >= 15 is 0 Å². The Balaban J connectivity index is 3.75. The number of nitrogens with two attached hydrogens (primary N) is 1. The molecule has 5 heteroatoms. The third-order valence-corrected chi connectivity index (χ3v) is 1.76. The fraction of sp³-hybridized carbons (Fsp3) is 1.00. The molecular weight excluding hydrogens is 150 g/mol. The first-order chi connectivity index (χ1) is 3.42. The molecule has 0 radical (unpaired) electrons. The Bertz CT molecular complexity index is 151. The Morgan fingerprint density at radius 2 is 2.12 bits per heavy atom. The minimum absolute atomic E-state index is 0.158. The molecule has 1 atom stereocenters. The van der Waals surface area contributed by atoms with Gasteiger partial charge in [-0.3, -0.25) is 0 Å². The number of hydrogen-bond donors (Lipinski definition) is 1. The van der Waals surface area contributed by atoms with Crippen molar-refractivity contribution in [2.45, 2.75) is 12.3 Å². The molecule has 0 aromatic heterocycles. The van der Waals surface area contributed by atoms with E-state index in [0.717, 1.165) is 0 Å². The van der Waals surface area contributed by atoms with Gasteiger partial charge in [-0.2, -0.15) is 0 Å². The van der Waals surface area contributed by atoms with Gasteiger partial charge in [0, 0.05) is 5.38 Å². The standard InChI is InChI=1S/C3H8ClNO2S/c1-3(4)2-8(5,6)7/h3H,2H2,1H3,(H2,5,6,7). The van der Waals surface area contributed by atoms with Crippen LogP contribution >= 0.6 is 11.6 Å². The molecule has 0 rings (SSSR count). The van der Waals surface area contributed by atoms with Gasteiger partial charge in [0.25, 0.3) is 0 Å². The van der Waals surface area contributed by atoms with Gasteiger partial charge in [0.1, 0.15) is 0 Å². The van der Waals surface area contributed by atoms with Crippen LogP contribution in [0.15, 0.2) is 0 Å². The summed E-state index contributed by atoms with van der Waals surface area (Å²) in [6.45, 7) is 1.58. The van der Waals surface area contributed by atoms with E-state index in [1.807, 2.05) is 0 Å². The summed E-state index contributed by atoms with van der Waals surface area (Å²) in [6.07, 6.45) is 0. The second kappa shape index (κ2) is 2.66. The molecule has 0 bridgehead atoms. The topological polar surface area (TPSA) is 60.2 Å². The first kappa shape index (κ1) is 8.20. The summed E-state index contributed by atoms with van der Waals surface area (Å²) < 4.78 is 20.3. The molecule has 0 amide bonds. The van der Waals surface area contributed by atoms with Crippen LogP contribution in [-0.2, 0) is 10.0 Å². The van der Waals surface area contributed by atoms with Crippen LogP contribution in [0.5, 0.6) is 0 Å². The van der Waals surface area contributed by atoms with Gasteiger partial charge in [0.15, 0.2) is 0 Å². The Kier molecular flexibility index (Phi) is 2.73. The van der Waals surface area contributed by atoms with Crippen molar-refractivity contribution in [2.24, 2.45) is 5.14 Å². The van der Waals surface area contributed by atoms with Crippen LogP contribution in [-0.4, -0.2) is 19.5 Å². The molecule has 0 spiro atoms. The first-order valence-electron chi connectivity index (χ1n) is 2.06. The molecule has 0 aliphatic rings. The number of hydrogen-bond acceptors (Lipinski definition) is 2. The highest BCUT2D eigenvalue weighted by Gasteiger charge is 2.06. The normalized spacial score (nSPS) is 15.9. The third-order valence-electron chi connectivity index (χ3n) is 0.462. The Morgan fingerprint density at radius 3 is 2.12 bits per heavy atom. The lowest BCUT2D eigenvalue weighted by atomic mass is 10.6. The Labute approximate surface area is 53.9 Å². The zero-order chi connectivity index (χ0) is 6.78. The molecule has 50 valence electrons. The predicted molar refractivity (Wildman–Crippen MR) is 33.3 cm³/mol. The number of alkyl halides is 1. The van der Waals surface area contributed by atoms with Crippen LogP contribution in [0.4, 0.5) is 0 Å². The summed E-state index contributed by atoms with van der Waals surface area (Å²) in [7, 11) is -3.36. The maximum Gasteiger partial charge on any atom is 0.210 e. The summed E-state index contributed by atoms with van der Waals surface area (Å²) in [5.41, 5.74) is 0. The van der Waals surface area contributed by atoms with Crippen molar-refractivity contribution in [3.8, 4) is 0 Å². The largest absolute Gasteiger partial charge is 0.229 e. The van der Waals surface area contributed by atoms with Gasteiger partial charge in [0.2, 0.25) is 10.0 Å². The molecule has 0 heterocycles. The average molecular weight is 158 g/mol. The number of primary sulfonamides is 1. The second-order valence-electron chi connectivity index (χ2n) is 1.61. The van der Waals surface area contributed by atoms with E-state index in [1.165, 1.54) is 0 Å². The molecule has 1 unspecified atom stereocenters. The SMILES string of the molecule is CC(Cl)CS(N)(=O)=O. The lowest BCUT2D eigenvalue weighted by molar-refractivity contribution is 0.597. The summed E-state index contributed by atoms with van der Waals surface area (Å²) in [5.74, 6) is -0.158. The highest BCUT2D eigenvalue weighted by atomic mass is 35.5. The van der Waals surface area contributed by atoms with Crippen LogP contribution in [0, 0.1) is 0 Å². The first-order valence-corrected chi connectivity index (χ1v) is 4.21. The van der Waals surface area contributed by atoms with Crippen molar-refractivity contribution < 1.29 is 8.42 Å². The lowest BCUT2D eigenvalue weighted by Gasteiger charge is -1.96.